The number of anilines is 1. The summed E-state index contributed by atoms with van der Waals surface area (Å²) in [5.41, 5.74) is 1.62. The molecule has 1 aromatic heterocycles. The van der Waals surface area contributed by atoms with Gasteiger partial charge in [0.15, 0.2) is 0 Å². The quantitative estimate of drug-likeness (QED) is 0.919. The van der Waals surface area contributed by atoms with Gasteiger partial charge in [0, 0.05) is 18.6 Å². The molecule has 0 spiro atoms. The van der Waals surface area contributed by atoms with Gasteiger partial charge >= 0.3 is 0 Å². The van der Waals surface area contributed by atoms with E-state index in [1.165, 1.54) is 32.1 Å². The monoisotopic (exact) mass is 301 g/mol. The van der Waals surface area contributed by atoms with Crippen molar-refractivity contribution in [3.8, 4) is 0 Å². The number of carbonyl (C=O) groups is 1. The molecule has 1 atom stereocenters. The van der Waals surface area contributed by atoms with Crippen LogP contribution < -0.4 is 5.32 Å². The van der Waals surface area contributed by atoms with Crippen LogP contribution in [0.5, 0.6) is 0 Å². The maximum absolute atomic E-state index is 12.7. The van der Waals surface area contributed by atoms with Crippen LogP contribution in [0.2, 0.25) is 0 Å². The van der Waals surface area contributed by atoms with Crippen LogP contribution in [0.15, 0.2) is 18.3 Å². The second-order valence-electron chi connectivity index (χ2n) is 6.61. The molecule has 0 aromatic carbocycles. The van der Waals surface area contributed by atoms with Gasteiger partial charge in [-0.15, -0.1) is 0 Å². The molecule has 3 rings (SSSR count). The van der Waals surface area contributed by atoms with Crippen molar-refractivity contribution in [1.29, 1.82) is 0 Å². The van der Waals surface area contributed by atoms with Gasteiger partial charge in [-0.25, -0.2) is 4.98 Å². The molecule has 2 fully saturated rings. The number of nitrogens with zero attached hydrogens (tertiary/aromatic N) is 2. The minimum atomic E-state index is 0.0963. The van der Waals surface area contributed by atoms with Crippen molar-refractivity contribution in [3.63, 3.8) is 0 Å². The molecule has 1 amide bonds. The van der Waals surface area contributed by atoms with E-state index in [4.69, 9.17) is 0 Å². The third-order valence-corrected chi connectivity index (χ3v) is 5.07. The molecule has 0 bridgehead atoms. The van der Waals surface area contributed by atoms with Gasteiger partial charge in [-0.2, -0.15) is 0 Å². The first-order chi connectivity index (χ1) is 10.8. The number of nitrogens with one attached hydrogen (secondary N) is 1. The molecule has 1 saturated carbocycles. The zero-order valence-electron chi connectivity index (χ0n) is 13.6. The number of pyridine rings is 1. The molecule has 1 saturated heterocycles. The van der Waals surface area contributed by atoms with Crippen LogP contribution in [0.3, 0.4) is 0 Å². The fourth-order valence-corrected chi connectivity index (χ4v) is 3.75. The van der Waals surface area contributed by atoms with E-state index in [-0.39, 0.29) is 5.91 Å². The first kappa shape index (κ1) is 15.3. The number of aromatic nitrogens is 1. The fraction of sp³-hybridized carbons (Fsp3) is 0.667. The topological polar surface area (TPSA) is 45.2 Å². The summed E-state index contributed by atoms with van der Waals surface area (Å²) in [4.78, 5) is 19.1. The molecule has 1 aromatic rings. The Balaban J connectivity index is 1.64. The predicted octanol–water partition coefficient (Wildman–Crippen LogP) is 3.84. The van der Waals surface area contributed by atoms with Crippen molar-refractivity contribution in [3.05, 3.63) is 24.0 Å². The first-order valence-corrected chi connectivity index (χ1v) is 8.81. The number of likely N-dealkylation sites (tertiary alicyclic amines) is 1. The van der Waals surface area contributed by atoms with E-state index in [2.05, 4.69) is 17.2 Å². The molecule has 4 heteroatoms. The molecular formula is C18H27N3O. The van der Waals surface area contributed by atoms with Gasteiger partial charge in [-0.1, -0.05) is 19.8 Å². The van der Waals surface area contributed by atoms with E-state index in [0.717, 1.165) is 31.5 Å². The summed E-state index contributed by atoms with van der Waals surface area (Å²) in [7, 11) is 0. The standard InChI is InChI=1S/C18H27N3O/c1-2-16-9-5-6-12-21(16)18(22)17-11-10-15(13-19-17)20-14-7-3-4-8-14/h10-11,13-14,16,20H,2-9,12H2,1H3. The van der Waals surface area contributed by atoms with Gasteiger partial charge in [0.05, 0.1) is 11.9 Å². The van der Waals surface area contributed by atoms with E-state index >= 15 is 0 Å². The summed E-state index contributed by atoms with van der Waals surface area (Å²) in [5.74, 6) is 0.0963. The molecule has 1 aliphatic carbocycles. The minimum absolute atomic E-state index is 0.0963. The van der Waals surface area contributed by atoms with Crippen molar-refractivity contribution >= 4 is 11.6 Å². The maximum atomic E-state index is 12.7. The maximum Gasteiger partial charge on any atom is 0.272 e. The Morgan fingerprint density at radius 1 is 1.23 bits per heavy atom. The smallest absolute Gasteiger partial charge is 0.272 e. The van der Waals surface area contributed by atoms with Gasteiger partial charge in [-0.3, -0.25) is 4.79 Å². The molecule has 22 heavy (non-hydrogen) atoms. The zero-order valence-corrected chi connectivity index (χ0v) is 13.6. The highest BCUT2D eigenvalue weighted by Gasteiger charge is 2.26. The van der Waals surface area contributed by atoms with Gasteiger partial charge in [0.2, 0.25) is 0 Å². The summed E-state index contributed by atoms with van der Waals surface area (Å²) in [6.45, 7) is 3.04. The van der Waals surface area contributed by atoms with Gasteiger partial charge in [0.1, 0.15) is 5.69 Å². The Labute approximate surface area is 133 Å². The van der Waals surface area contributed by atoms with Crippen LogP contribution >= 0.6 is 0 Å². The normalized spacial score (nSPS) is 22.8. The zero-order chi connectivity index (χ0) is 15.4. The molecule has 1 N–H and O–H groups in total. The van der Waals surface area contributed by atoms with Gasteiger partial charge in [0.25, 0.3) is 5.91 Å². The molecule has 120 valence electrons. The molecule has 2 aliphatic rings. The summed E-state index contributed by atoms with van der Waals surface area (Å²) in [5, 5.41) is 3.52. The van der Waals surface area contributed by atoms with Crippen LogP contribution in [0.1, 0.15) is 68.8 Å². The lowest BCUT2D eigenvalue weighted by molar-refractivity contribution is 0.0602. The molecule has 4 nitrogen and oxygen atoms in total. The third-order valence-electron chi connectivity index (χ3n) is 5.07. The predicted molar refractivity (Wildman–Crippen MR) is 89.1 cm³/mol. The van der Waals surface area contributed by atoms with E-state index in [1.54, 1.807) is 0 Å². The van der Waals surface area contributed by atoms with E-state index in [1.807, 2.05) is 23.2 Å². The van der Waals surface area contributed by atoms with Crippen LogP contribution in [0.25, 0.3) is 0 Å². The molecular weight excluding hydrogens is 274 g/mol. The SMILES string of the molecule is CCC1CCCCN1C(=O)c1ccc(NC2CCCC2)cn1. The van der Waals surface area contributed by atoms with Crippen molar-refractivity contribution in [2.24, 2.45) is 0 Å². The average molecular weight is 301 g/mol. The number of amides is 1. The Bertz CT molecular complexity index is 494. The first-order valence-electron chi connectivity index (χ1n) is 8.81. The lowest BCUT2D eigenvalue weighted by Gasteiger charge is -2.35. The Morgan fingerprint density at radius 3 is 2.68 bits per heavy atom. The van der Waals surface area contributed by atoms with E-state index in [0.29, 0.717) is 17.8 Å². The van der Waals surface area contributed by atoms with Crippen LogP contribution in [0.4, 0.5) is 5.69 Å². The Hall–Kier alpha value is -1.58. The van der Waals surface area contributed by atoms with Crippen LogP contribution in [-0.4, -0.2) is 34.4 Å². The second kappa shape index (κ2) is 7.12. The Kier molecular flexibility index (Phi) is 4.96. The van der Waals surface area contributed by atoms with Gasteiger partial charge < -0.3 is 10.2 Å². The average Bonchev–Trinajstić information content (AvgIpc) is 3.08. The van der Waals surface area contributed by atoms with Crippen molar-refractivity contribution < 1.29 is 4.79 Å². The van der Waals surface area contributed by atoms with E-state index < -0.39 is 0 Å². The van der Waals surface area contributed by atoms with E-state index in [9.17, 15) is 4.79 Å². The highest BCUT2D eigenvalue weighted by atomic mass is 16.2. The lowest BCUT2D eigenvalue weighted by Crippen LogP contribution is -2.43. The van der Waals surface area contributed by atoms with Crippen LogP contribution in [-0.2, 0) is 0 Å². The third kappa shape index (κ3) is 3.42. The minimum Gasteiger partial charge on any atom is -0.381 e. The summed E-state index contributed by atoms with van der Waals surface area (Å²) in [6, 6.07) is 4.85. The van der Waals surface area contributed by atoms with Crippen molar-refractivity contribution in [1.82, 2.24) is 9.88 Å². The van der Waals surface area contributed by atoms with Crippen molar-refractivity contribution in [2.45, 2.75) is 70.4 Å². The second-order valence-corrected chi connectivity index (χ2v) is 6.61. The summed E-state index contributed by atoms with van der Waals surface area (Å²) in [6.07, 6.45) is 11.4. The number of carbonyl (C=O) groups excluding carboxylic acids is 1. The Morgan fingerprint density at radius 2 is 2.00 bits per heavy atom. The number of hydrogen-bond acceptors (Lipinski definition) is 3. The molecule has 1 unspecified atom stereocenters. The largest absolute Gasteiger partial charge is 0.381 e. The molecule has 2 heterocycles. The highest BCUT2D eigenvalue weighted by Crippen LogP contribution is 2.23. The fourth-order valence-electron chi connectivity index (χ4n) is 3.75. The van der Waals surface area contributed by atoms with Gasteiger partial charge in [-0.05, 0) is 50.7 Å². The summed E-state index contributed by atoms with van der Waals surface area (Å²) < 4.78 is 0. The lowest BCUT2D eigenvalue weighted by atomic mass is 9.99. The highest BCUT2D eigenvalue weighted by molar-refractivity contribution is 5.92. The number of piperidine rings is 1. The van der Waals surface area contributed by atoms with Crippen molar-refractivity contribution in [2.75, 3.05) is 11.9 Å². The number of rotatable bonds is 4. The van der Waals surface area contributed by atoms with Crippen LogP contribution in [0, 0.1) is 0 Å². The molecule has 0 radical (unpaired) electrons. The number of hydrogen-bond donors (Lipinski definition) is 1. The summed E-state index contributed by atoms with van der Waals surface area (Å²) >= 11 is 0. The molecule has 1 aliphatic heterocycles.